The normalized spacial score (nSPS) is 10.6. The number of carbonyl (C=O) groups excluding carboxylic acids is 1. The van der Waals surface area contributed by atoms with Gasteiger partial charge in [0.2, 0.25) is 0 Å². The molecular weight excluding hydrogens is 324 g/mol. The fourth-order valence-electron chi connectivity index (χ4n) is 2.51. The first-order chi connectivity index (χ1) is 11.6. The molecular formula is C19H17ClN2O2. The van der Waals surface area contributed by atoms with Crippen LogP contribution in [0.2, 0.25) is 5.02 Å². The predicted octanol–water partition coefficient (Wildman–Crippen LogP) is 4.98. The highest BCUT2D eigenvalue weighted by Crippen LogP contribution is 2.30. The molecule has 1 heterocycles. The molecule has 0 fully saturated rings. The van der Waals surface area contributed by atoms with Crippen molar-refractivity contribution in [2.75, 3.05) is 12.4 Å². The average Bonchev–Trinajstić information content (AvgIpc) is 2.62. The summed E-state index contributed by atoms with van der Waals surface area (Å²) in [5, 5.41) is 4.67. The van der Waals surface area contributed by atoms with Gasteiger partial charge in [-0.2, -0.15) is 0 Å². The van der Waals surface area contributed by atoms with E-state index in [0.717, 1.165) is 23.2 Å². The van der Waals surface area contributed by atoms with Gasteiger partial charge in [0.1, 0.15) is 0 Å². The van der Waals surface area contributed by atoms with E-state index in [0.29, 0.717) is 10.5 Å². The maximum absolute atomic E-state index is 11.9. The van der Waals surface area contributed by atoms with Crippen molar-refractivity contribution >= 4 is 39.8 Å². The summed E-state index contributed by atoms with van der Waals surface area (Å²) < 4.78 is 4.79. The molecule has 0 unspecified atom stereocenters. The Morgan fingerprint density at radius 1 is 1.21 bits per heavy atom. The Morgan fingerprint density at radius 3 is 2.62 bits per heavy atom. The highest BCUT2D eigenvalue weighted by Gasteiger charge is 2.14. The van der Waals surface area contributed by atoms with Gasteiger partial charge in [-0.05, 0) is 36.2 Å². The van der Waals surface area contributed by atoms with E-state index in [4.69, 9.17) is 16.3 Å². The smallest absolute Gasteiger partial charge is 0.356 e. The third-order valence-electron chi connectivity index (χ3n) is 3.83. The second-order valence-electron chi connectivity index (χ2n) is 5.36. The molecule has 0 amide bonds. The molecule has 0 radical (unpaired) electrons. The van der Waals surface area contributed by atoms with Crippen molar-refractivity contribution in [3.05, 3.63) is 64.8 Å². The number of rotatable bonds is 4. The quantitative estimate of drug-likeness (QED) is 0.680. The van der Waals surface area contributed by atoms with Gasteiger partial charge in [0.25, 0.3) is 0 Å². The molecule has 0 aliphatic heterocycles. The van der Waals surface area contributed by atoms with Crippen LogP contribution in [0.5, 0.6) is 0 Å². The summed E-state index contributed by atoms with van der Waals surface area (Å²) in [6, 6.07) is 15.4. The molecule has 3 aromatic rings. The zero-order valence-corrected chi connectivity index (χ0v) is 14.2. The monoisotopic (exact) mass is 340 g/mol. The number of carbonyl (C=O) groups is 1. The second kappa shape index (κ2) is 6.89. The molecule has 24 heavy (non-hydrogen) atoms. The van der Waals surface area contributed by atoms with E-state index in [1.165, 1.54) is 12.7 Å². The summed E-state index contributed by atoms with van der Waals surface area (Å²) in [5.41, 5.74) is 3.72. The minimum absolute atomic E-state index is 0.214. The maximum atomic E-state index is 11.9. The standard InChI is InChI=1S/C19H17ClN2O2/c1-3-12-7-9-13(10-8-12)21-16-11-17(19(23)24-2)22-18-14(16)5-4-6-15(18)20/h4-11H,3H2,1-2H3,(H,21,22). The lowest BCUT2D eigenvalue weighted by Gasteiger charge is -2.12. The molecule has 0 spiro atoms. The molecule has 0 atom stereocenters. The molecule has 0 saturated carbocycles. The van der Waals surface area contributed by atoms with E-state index in [-0.39, 0.29) is 5.69 Å². The van der Waals surface area contributed by atoms with Crippen LogP contribution < -0.4 is 5.32 Å². The number of halogens is 1. The lowest BCUT2D eigenvalue weighted by atomic mass is 10.1. The van der Waals surface area contributed by atoms with Gasteiger partial charge in [0, 0.05) is 11.1 Å². The van der Waals surface area contributed by atoms with E-state index in [9.17, 15) is 4.79 Å². The number of nitrogens with zero attached hydrogens (tertiary/aromatic N) is 1. The predicted molar refractivity (Wildman–Crippen MR) is 97.2 cm³/mol. The minimum Gasteiger partial charge on any atom is -0.464 e. The topological polar surface area (TPSA) is 51.2 Å². The number of methoxy groups -OCH3 is 1. The summed E-state index contributed by atoms with van der Waals surface area (Å²) in [4.78, 5) is 16.2. The van der Waals surface area contributed by atoms with Crippen molar-refractivity contribution in [3.8, 4) is 0 Å². The van der Waals surface area contributed by atoms with E-state index >= 15 is 0 Å². The van der Waals surface area contributed by atoms with Crippen LogP contribution >= 0.6 is 11.6 Å². The van der Waals surface area contributed by atoms with Gasteiger partial charge < -0.3 is 10.1 Å². The Labute approximate surface area is 145 Å². The van der Waals surface area contributed by atoms with Crippen LogP contribution in [0.3, 0.4) is 0 Å². The number of esters is 1. The number of hydrogen-bond donors (Lipinski definition) is 1. The summed E-state index contributed by atoms with van der Waals surface area (Å²) >= 11 is 6.25. The lowest BCUT2D eigenvalue weighted by Crippen LogP contribution is -2.06. The molecule has 3 rings (SSSR count). The molecule has 0 saturated heterocycles. The Bertz CT molecular complexity index is 892. The van der Waals surface area contributed by atoms with Crippen LogP contribution in [0.15, 0.2) is 48.5 Å². The molecule has 2 aromatic carbocycles. The third kappa shape index (κ3) is 3.19. The van der Waals surface area contributed by atoms with Gasteiger partial charge in [-0.25, -0.2) is 9.78 Å². The van der Waals surface area contributed by atoms with Crippen LogP contribution in [-0.4, -0.2) is 18.1 Å². The minimum atomic E-state index is -0.499. The number of aromatic nitrogens is 1. The number of benzene rings is 2. The zero-order valence-electron chi connectivity index (χ0n) is 13.5. The van der Waals surface area contributed by atoms with Crippen LogP contribution in [0.1, 0.15) is 23.0 Å². The Kier molecular flexibility index (Phi) is 4.67. The largest absolute Gasteiger partial charge is 0.464 e. The number of pyridine rings is 1. The second-order valence-corrected chi connectivity index (χ2v) is 5.77. The van der Waals surface area contributed by atoms with Crippen molar-refractivity contribution in [2.24, 2.45) is 0 Å². The van der Waals surface area contributed by atoms with Gasteiger partial charge >= 0.3 is 5.97 Å². The first-order valence-electron chi connectivity index (χ1n) is 7.66. The van der Waals surface area contributed by atoms with Crippen molar-refractivity contribution in [3.63, 3.8) is 0 Å². The zero-order chi connectivity index (χ0) is 17.1. The van der Waals surface area contributed by atoms with Crippen molar-refractivity contribution in [1.29, 1.82) is 0 Å². The molecule has 0 aliphatic rings. The van der Waals surface area contributed by atoms with Crippen LogP contribution in [0.4, 0.5) is 11.4 Å². The Morgan fingerprint density at radius 2 is 1.96 bits per heavy atom. The maximum Gasteiger partial charge on any atom is 0.356 e. The van der Waals surface area contributed by atoms with Crippen molar-refractivity contribution in [1.82, 2.24) is 4.98 Å². The van der Waals surface area contributed by atoms with Crippen LogP contribution in [-0.2, 0) is 11.2 Å². The molecule has 122 valence electrons. The van der Waals surface area contributed by atoms with Crippen molar-refractivity contribution < 1.29 is 9.53 Å². The number of ether oxygens (including phenoxy) is 1. The molecule has 0 bridgehead atoms. The summed E-state index contributed by atoms with van der Waals surface area (Å²) in [7, 11) is 1.33. The fourth-order valence-corrected chi connectivity index (χ4v) is 2.72. The number of fused-ring (bicyclic) bond motifs is 1. The van der Waals surface area contributed by atoms with Gasteiger partial charge in [0.15, 0.2) is 5.69 Å². The first-order valence-corrected chi connectivity index (χ1v) is 8.03. The highest BCUT2D eigenvalue weighted by molar-refractivity contribution is 6.35. The van der Waals surface area contributed by atoms with Crippen molar-refractivity contribution in [2.45, 2.75) is 13.3 Å². The number of nitrogens with one attached hydrogen (secondary N) is 1. The van der Waals surface area contributed by atoms with Crippen LogP contribution in [0.25, 0.3) is 10.9 Å². The molecule has 0 aliphatic carbocycles. The van der Waals surface area contributed by atoms with E-state index in [1.54, 1.807) is 12.1 Å². The summed E-state index contributed by atoms with van der Waals surface area (Å²) in [6.07, 6.45) is 0.987. The number of aryl methyl sites for hydroxylation is 1. The van der Waals surface area contributed by atoms with Gasteiger partial charge in [0.05, 0.1) is 23.3 Å². The van der Waals surface area contributed by atoms with Gasteiger partial charge in [-0.15, -0.1) is 0 Å². The fraction of sp³-hybridized carbons (Fsp3) is 0.158. The summed E-state index contributed by atoms with van der Waals surface area (Å²) in [6.45, 7) is 2.11. The van der Waals surface area contributed by atoms with Gasteiger partial charge in [-0.1, -0.05) is 42.8 Å². The number of hydrogen-bond acceptors (Lipinski definition) is 4. The van der Waals surface area contributed by atoms with E-state index in [1.807, 2.05) is 24.3 Å². The van der Waals surface area contributed by atoms with Gasteiger partial charge in [-0.3, -0.25) is 0 Å². The van der Waals surface area contributed by atoms with E-state index < -0.39 is 5.97 Å². The highest BCUT2D eigenvalue weighted by atomic mass is 35.5. The number of anilines is 2. The Hall–Kier alpha value is -2.59. The number of para-hydroxylation sites is 1. The summed E-state index contributed by atoms with van der Waals surface area (Å²) in [5.74, 6) is -0.499. The Balaban J connectivity index is 2.10. The average molecular weight is 341 g/mol. The molecule has 1 N–H and O–H groups in total. The SMILES string of the molecule is CCc1ccc(Nc2cc(C(=O)OC)nc3c(Cl)cccc23)cc1. The van der Waals surface area contributed by atoms with E-state index in [2.05, 4.69) is 29.4 Å². The first kappa shape index (κ1) is 16.3. The molecule has 4 nitrogen and oxygen atoms in total. The third-order valence-corrected chi connectivity index (χ3v) is 4.13. The molecule has 5 heteroatoms. The molecule has 1 aromatic heterocycles. The van der Waals surface area contributed by atoms with Crippen LogP contribution in [0, 0.1) is 0 Å². The lowest BCUT2D eigenvalue weighted by molar-refractivity contribution is 0.0594.